The number of nitro groups is 2. The molecule has 13 nitrogen and oxygen atoms in total. The number of aryl methyl sites for hydroxylation is 1. The third kappa shape index (κ3) is 5.40. The van der Waals surface area contributed by atoms with Gasteiger partial charge < -0.3 is 14.9 Å². The van der Waals surface area contributed by atoms with Crippen molar-refractivity contribution in [3.63, 3.8) is 0 Å². The second-order valence-corrected chi connectivity index (χ2v) is 8.80. The summed E-state index contributed by atoms with van der Waals surface area (Å²) in [7, 11) is 0. The van der Waals surface area contributed by atoms with Crippen LogP contribution in [0.1, 0.15) is 53.6 Å². The van der Waals surface area contributed by atoms with E-state index >= 15 is 0 Å². The maximum absolute atomic E-state index is 12.7. The zero-order valence-corrected chi connectivity index (χ0v) is 20.8. The highest BCUT2D eigenvalue weighted by Crippen LogP contribution is 2.33. The summed E-state index contributed by atoms with van der Waals surface area (Å²) in [4.78, 5) is 50.0. The maximum Gasteiger partial charge on any atom is 0.342 e. The maximum atomic E-state index is 12.7. The van der Waals surface area contributed by atoms with E-state index in [4.69, 9.17) is 4.74 Å². The first-order chi connectivity index (χ1) is 18.0. The van der Waals surface area contributed by atoms with Crippen molar-refractivity contribution in [1.82, 2.24) is 14.6 Å². The van der Waals surface area contributed by atoms with Gasteiger partial charge in [0.25, 0.3) is 5.69 Å². The number of esters is 1. The molecule has 0 aliphatic carbocycles. The lowest BCUT2D eigenvalue weighted by Gasteiger charge is -2.20. The zero-order chi connectivity index (χ0) is 27.6. The molecule has 0 bridgehead atoms. The number of nitro benzene ring substituents is 1. The molecular formula is C25H24N6O7. The number of nitrogens with zero attached hydrogens (tertiary/aromatic N) is 6. The third-order valence-electron chi connectivity index (χ3n) is 6.14. The number of rotatable bonds is 8. The number of carbonyl (C=O) groups is 2. The summed E-state index contributed by atoms with van der Waals surface area (Å²) in [6.45, 7) is 4.74. The Balaban J connectivity index is 1.44. The molecule has 13 heteroatoms. The summed E-state index contributed by atoms with van der Waals surface area (Å²) in [6.07, 6.45) is 0.892. The topological polar surface area (TPSA) is 163 Å². The summed E-state index contributed by atoms with van der Waals surface area (Å²) >= 11 is 0. The minimum absolute atomic E-state index is 0.0394. The predicted octanol–water partition coefficient (Wildman–Crippen LogP) is 3.95. The Bertz CT molecular complexity index is 1430. The summed E-state index contributed by atoms with van der Waals surface area (Å²) in [5.41, 5.74) is 2.27. The fourth-order valence-electron chi connectivity index (χ4n) is 4.22. The van der Waals surface area contributed by atoms with Gasteiger partial charge in [0.05, 0.1) is 22.2 Å². The fraction of sp³-hybridized carbons (Fsp3) is 0.280. The number of amides is 1. The van der Waals surface area contributed by atoms with Crippen LogP contribution in [-0.2, 0) is 16.1 Å². The summed E-state index contributed by atoms with van der Waals surface area (Å²) in [5.74, 6) is -0.613. The Morgan fingerprint density at radius 1 is 1.08 bits per heavy atom. The molecule has 0 fully saturated rings. The van der Waals surface area contributed by atoms with E-state index in [1.165, 1.54) is 28.6 Å². The molecule has 38 heavy (non-hydrogen) atoms. The van der Waals surface area contributed by atoms with Gasteiger partial charge in [0.2, 0.25) is 5.91 Å². The van der Waals surface area contributed by atoms with Crippen LogP contribution in [0.2, 0.25) is 0 Å². The van der Waals surface area contributed by atoms with Crippen molar-refractivity contribution < 1.29 is 24.2 Å². The van der Waals surface area contributed by atoms with Crippen LogP contribution in [0.25, 0.3) is 0 Å². The van der Waals surface area contributed by atoms with E-state index in [1.807, 2.05) is 0 Å². The normalized spacial score (nSPS) is 15.6. The van der Waals surface area contributed by atoms with Crippen LogP contribution < -0.4 is 0 Å². The molecule has 0 saturated carbocycles. The number of ether oxygens (including phenoxy) is 1. The molecule has 3 aromatic rings. The smallest absolute Gasteiger partial charge is 0.342 e. The Morgan fingerprint density at radius 2 is 1.74 bits per heavy atom. The van der Waals surface area contributed by atoms with Crippen molar-refractivity contribution in [3.05, 3.63) is 97.5 Å². The molecule has 2 aromatic carbocycles. The lowest BCUT2D eigenvalue weighted by Crippen LogP contribution is -2.24. The molecule has 0 N–H and O–H groups in total. The molecule has 196 valence electrons. The summed E-state index contributed by atoms with van der Waals surface area (Å²) in [6, 6.07) is 12.1. The Kier molecular flexibility index (Phi) is 7.28. The Hall–Kier alpha value is -4.94. The van der Waals surface area contributed by atoms with Crippen molar-refractivity contribution in [1.29, 1.82) is 0 Å². The molecule has 1 aromatic heterocycles. The van der Waals surface area contributed by atoms with Gasteiger partial charge in [-0.3, -0.25) is 14.9 Å². The molecule has 4 rings (SSSR count). The van der Waals surface area contributed by atoms with Gasteiger partial charge in [0.15, 0.2) is 5.82 Å². The third-order valence-corrected chi connectivity index (χ3v) is 6.14. The van der Waals surface area contributed by atoms with Gasteiger partial charge in [0, 0.05) is 32.4 Å². The van der Waals surface area contributed by atoms with E-state index in [-0.39, 0.29) is 29.5 Å². The van der Waals surface area contributed by atoms with E-state index < -0.39 is 28.0 Å². The van der Waals surface area contributed by atoms with Gasteiger partial charge in [-0.05, 0) is 47.2 Å². The van der Waals surface area contributed by atoms with Crippen LogP contribution >= 0.6 is 0 Å². The number of hydrogen-bond acceptors (Lipinski definition) is 9. The molecule has 2 atom stereocenters. The molecule has 1 aliphatic rings. The predicted molar refractivity (Wildman–Crippen MR) is 134 cm³/mol. The van der Waals surface area contributed by atoms with E-state index in [9.17, 15) is 29.8 Å². The standard InChI is InChI=1S/C25H24N6O7/c1-15(14-28-16(2)26-13-24(28)31(36)37)38-25(33)20-6-4-19(5-7-20)23-12-22(27-29(23)17(3)32)18-8-10-21(11-9-18)30(34)35/h4-11,13,15,23H,12,14H2,1-3H3. The average Bonchev–Trinajstić information content (AvgIpc) is 3.49. The van der Waals surface area contributed by atoms with E-state index in [2.05, 4.69) is 10.1 Å². The number of hydrogen-bond donors (Lipinski definition) is 0. The van der Waals surface area contributed by atoms with E-state index in [0.29, 0.717) is 23.5 Å². The van der Waals surface area contributed by atoms with Crippen LogP contribution in [0.5, 0.6) is 0 Å². The minimum atomic E-state index is -0.658. The van der Waals surface area contributed by atoms with Crippen LogP contribution in [0.3, 0.4) is 0 Å². The van der Waals surface area contributed by atoms with Crippen LogP contribution in [0.4, 0.5) is 11.5 Å². The van der Waals surface area contributed by atoms with E-state index in [1.54, 1.807) is 50.2 Å². The molecule has 2 unspecified atom stereocenters. The molecule has 2 heterocycles. The zero-order valence-electron chi connectivity index (χ0n) is 20.8. The van der Waals surface area contributed by atoms with Crippen molar-refractivity contribution >= 4 is 29.1 Å². The average molecular weight is 521 g/mol. The largest absolute Gasteiger partial charge is 0.455 e. The van der Waals surface area contributed by atoms with Gasteiger partial charge >= 0.3 is 11.8 Å². The summed E-state index contributed by atoms with van der Waals surface area (Å²) in [5, 5.41) is 27.9. The Morgan fingerprint density at radius 3 is 2.32 bits per heavy atom. The van der Waals surface area contributed by atoms with Crippen LogP contribution in [-0.4, -0.2) is 48.1 Å². The SMILES string of the molecule is CC(=O)N1N=C(c2ccc([N+](=O)[O-])cc2)CC1c1ccc(C(=O)OC(C)Cn2c([N+](=O)[O-])cnc2C)cc1. The number of imidazole rings is 1. The highest BCUT2D eigenvalue weighted by atomic mass is 16.6. The quantitative estimate of drug-likeness (QED) is 0.245. The molecule has 0 radical (unpaired) electrons. The van der Waals surface area contributed by atoms with Crippen LogP contribution in [0.15, 0.2) is 59.8 Å². The first-order valence-corrected chi connectivity index (χ1v) is 11.6. The van der Waals surface area contributed by atoms with Gasteiger partial charge in [-0.15, -0.1) is 0 Å². The lowest BCUT2D eigenvalue weighted by atomic mass is 9.97. The van der Waals surface area contributed by atoms with Crippen molar-refractivity contribution in [2.45, 2.75) is 45.9 Å². The monoisotopic (exact) mass is 520 g/mol. The Labute approximate surface area is 216 Å². The number of non-ortho nitro benzene ring substituents is 1. The molecule has 1 amide bonds. The van der Waals surface area contributed by atoms with Gasteiger partial charge in [-0.2, -0.15) is 5.10 Å². The highest BCUT2D eigenvalue weighted by molar-refractivity contribution is 6.03. The molecule has 0 saturated heterocycles. The first-order valence-electron chi connectivity index (χ1n) is 11.6. The number of carbonyl (C=O) groups excluding carboxylic acids is 2. The van der Waals surface area contributed by atoms with Gasteiger partial charge in [0.1, 0.15) is 18.8 Å². The van der Waals surface area contributed by atoms with Crippen molar-refractivity contribution in [2.24, 2.45) is 5.10 Å². The first kappa shape index (κ1) is 26.1. The fourth-order valence-corrected chi connectivity index (χ4v) is 4.22. The lowest BCUT2D eigenvalue weighted by molar-refractivity contribution is -0.392. The van der Waals surface area contributed by atoms with Gasteiger partial charge in [-0.25, -0.2) is 19.4 Å². The highest BCUT2D eigenvalue weighted by Gasteiger charge is 2.32. The van der Waals surface area contributed by atoms with Crippen molar-refractivity contribution in [2.75, 3.05) is 0 Å². The summed E-state index contributed by atoms with van der Waals surface area (Å²) < 4.78 is 6.86. The molecule has 1 aliphatic heterocycles. The van der Waals surface area contributed by atoms with Crippen molar-refractivity contribution in [3.8, 4) is 0 Å². The number of aromatic nitrogens is 2. The van der Waals surface area contributed by atoms with Crippen LogP contribution in [0, 0.1) is 27.2 Å². The molecule has 0 spiro atoms. The van der Waals surface area contributed by atoms with Gasteiger partial charge in [-0.1, -0.05) is 12.1 Å². The molecular weight excluding hydrogens is 496 g/mol. The number of hydrazone groups is 1. The van der Waals surface area contributed by atoms with E-state index in [0.717, 1.165) is 11.8 Å². The minimum Gasteiger partial charge on any atom is -0.455 e. The second kappa shape index (κ2) is 10.6. The number of benzene rings is 2. The second-order valence-electron chi connectivity index (χ2n) is 8.80.